The van der Waals surface area contributed by atoms with Gasteiger partial charge in [-0.1, -0.05) is 6.07 Å². The number of hydrogen-bond donors (Lipinski definition) is 2. The lowest BCUT2D eigenvalue weighted by molar-refractivity contribution is -0.150. The molecular weight excluding hydrogens is 218 g/mol. The fourth-order valence-electron chi connectivity index (χ4n) is 2.25. The van der Waals surface area contributed by atoms with Gasteiger partial charge in [0.25, 0.3) is 0 Å². The third-order valence-electron chi connectivity index (χ3n) is 3.22. The Morgan fingerprint density at radius 2 is 2.29 bits per heavy atom. The summed E-state index contributed by atoms with van der Waals surface area (Å²) >= 11 is 0. The van der Waals surface area contributed by atoms with Crippen molar-refractivity contribution in [3.8, 4) is 5.75 Å². The largest absolute Gasteiger partial charge is 0.508 e. The van der Waals surface area contributed by atoms with E-state index in [9.17, 15) is 9.90 Å². The molecule has 0 bridgehead atoms. The number of benzene rings is 1. The van der Waals surface area contributed by atoms with Crippen LogP contribution in [0.15, 0.2) is 18.2 Å². The van der Waals surface area contributed by atoms with Crippen molar-refractivity contribution in [2.75, 3.05) is 6.61 Å². The molecule has 17 heavy (non-hydrogen) atoms. The van der Waals surface area contributed by atoms with Crippen LogP contribution in [0.3, 0.4) is 0 Å². The zero-order chi connectivity index (χ0) is 12.5. The van der Waals surface area contributed by atoms with E-state index in [2.05, 4.69) is 0 Å². The van der Waals surface area contributed by atoms with Gasteiger partial charge in [-0.15, -0.1) is 0 Å². The molecule has 1 aromatic rings. The number of rotatable bonds is 2. The molecule has 0 saturated carbocycles. The third-order valence-corrected chi connectivity index (χ3v) is 3.22. The van der Waals surface area contributed by atoms with Gasteiger partial charge in [0.2, 0.25) is 0 Å². The molecule has 1 atom stereocenters. The molecule has 0 amide bonds. The van der Waals surface area contributed by atoms with E-state index in [0.717, 1.165) is 11.1 Å². The maximum Gasteiger partial charge on any atom is 0.326 e. The molecule has 1 aliphatic rings. The van der Waals surface area contributed by atoms with E-state index >= 15 is 0 Å². The Labute approximate surface area is 100 Å². The minimum absolute atomic E-state index is 0.254. The molecule has 0 heterocycles. The van der Waals surface area contributed by atoms with Crippen molar-refractivity contribution in [1.29, 1.82) is 0 Å². The summed E-state index contributed by atoms with van der Waals surface area (Å²) in [6.45, 7) is 2.12. The van der Waals surface area contributed by atoms with Crippen molar-refractivity contribution in [3.05, 3.63) is 29.3 Å². The molecule has 92 valence electrons. The fraction of sp³-hybridized carbons (Fsp3) is 0.462. The molecule has 3 N–H and O–H groups in total. The highest BCUT2D eigenvalue weighted by atomic mass is 16.5. The Bertz CT molecular complexity index is 444. The molecule has 0 aliphatic heterocycles. The van der Waals surface area contributed by atoms with Crippen LogP contribution in [-0.4, -0.2) is 23.2 Å². The summed E-state index contributed by atoms with van der Waals surface area (Å²) in [5, 5.41) is 9.39. The van der Waals surface area contributed by atoms with Crippen LogP contribution < -0.4 is 5.73 Å². The first-order valence-electron chi connectivity index (χ1n) is 5.82. The molecular formula is C13H17NO3. The van der Waals surface area contributed by atoms with Gasteiger partial charge in [0.05, 0.1) is 6.61 Å². The van der Waals surface area contributed by atoms with Gasteiger partial charge < -0.3 is 15.6 Å². The normalized spacial score (nSPS) is 22.9. The average Bonchev–Trinajstić information content (AvgIpc) is 2.30. The fourth-order valence-corrected chi connectivity index (χ4v) is 2.25. The van der Waals surface area contributed by atoms with Gasteiger partial charge in [-0.25, -0.2) is 0 Å². The van der Waals surface area contributed by atoms with E-state index < -0.39 is 5.54 Å². The molecule has 0 saturated heterocycles. The van der Waals surface area contributed by atoms with Crippen LogP contribution in [0.2, 0.25) is 0 Å². The lowest BCUT2D eigenvalue weighted by Crippen LogP contribution is -2.53. The molecule has 1 aliphatic carbocycles. The summed E-state index contributed by atoms with van der Waals surface area (Å²) in [6, 6.07) is 5.18. The minimum Gasteiger partial charge on any atom is -0.508 e. The van der Waals surface area contributed by atoms with Gasteiger partial charge in [-0.2, -0.15) is 0 Å². The first-order chi connectivity index (χ1) is 8.05. The van der Waals surface area contributed by atoms with E-state index in [4.69, 9.17) is 10.5 Å². The van der Waals surface area contributed by atoms with Gasteiger partial charge in [-0.05, 0) is 43.0 Å². The molecule has 0 radical (unpaired) electrons. The highest BCUT2D eigenvalue weighted by molar-refractivity contribution is 5.81. The standard InChI is InChI=1S/C13H17NO3/c1-2-17-12(16)13(14)6-5-9-7-11(15)4-3-10(9)8-13/h3-4,7,15H,2,5-6,8,14H2,1H3. The maximum absolute atomic E-state index is 11.8. The number of phenolic OH excluding ortho intramolecular Hbond substituents is 1. The second kappa shape index (κ2) is 4.37. The molecule has 4 heteroatoms. The number of hydrogen-bond acceptors (Lipinski definition) is 4. The number of aryl methyl sites for hydroxylation is 1. The van der Waals surface area contributed by atoms with E-state index in [1.54, 1.807) is 19.1 Å². The second-order valence-electron chi connectivity index (χ2n) is 4.51. The summed E-state index contributed by atoms with van der Waals surface area (Å²) < 4.78 is 5.01. The Morgan fingerprint density at radius 1 is 1.53 bits per heavy atom. The SMILES string of the molecule is CCOC(=O)C1(N)CCc2cc(O)ccc2C1. The van der Waals surface area contributed by atoms with Crippen LogP contribution in [0.1, 0.15) is 24.5 Å². The molecule has 2 rings (SSSR count). The van der Waals surface area contributed by atoms with Crippen molar-refractivity contribution in [2.24, 2.45) is 5.73 Å². The number of carbonyl (C=O) groups excluding carboxylic acids is 1. The van der Waals surface area contributed by atoms with Crippen LogP contribution in [-0.2, 0) is 22.4 Å². The van der Waals surface area contributed by atoms with E-state index in [0.29, 0.717) is 25.9 Å². The number of nitrogens with two attached hydrogens (primary N) is 1. The van der Waals surface area contributed by atoms with Crippen molar-refractivity contribution in [2.45, 2.75) is 31.7 Å². The predicted octanol–water partition coefficient (Wildman–Crippen LogP) is 1.14. The molecule has 0 fully saturated rings. The molecule has 4 nitrogen and oxygen atoms in total. The number of esters is 1. The van der Waals surface area contributed by atoms with Crippen molar-refractivity contribution < 1.29 is 14.6 Å². The highest BCUT2D eigenvalue weighted by Gasteiger charge is 2.38. The summed E-state index contributed by atoms with van der Waals surface area (Å²) in [6.07, 6.45) is 1.72. The topological polar surface area (TPSA) is 72.5 Å². The molecule has 0 aromatic heterocycles. The quantitative estimate of drug-likeness (QED) is 0.754. The average molecular weight is 235 g/mol. The first kappa shape index (κ1) is 11.9. The number of ether oxygens (including phenoxy) is 1. The molecule has 1 unspecified atom stereocenters. The van der Waals surface area contributed by atoms with E-state index in [-0.39, 0.29) is 11.7 Å². The second-order valence-corrected chi connectivity index (χ2v) is 4.51. The number of aromatic hydroxyl groups is 1. The van der Waals surface area contributed by atoms with Gasteiger partial charge in [0, 0.05) is 6.42 Å². The Kier molecular flexibility index (Phi) is 3.07. The highest BCUT2D eigenvalue weighted by Crippen LogP contribution is 2.30. The van der Waals surface area contributed by atoms with Gasteiger partial charge >= 0.3 is 5.97 Å². The minimum atomic E-state index is -0.917. The Hall–Kier alpha value is -1.55. The van der Waals surface area contributed by atoms with Gasteiger partial charge in [0.1, 0.15) is 11.3 Å². The maximum atomic E-state index is 11.8. The van der Waals surface area contributed by atoms with Crippen LogP contribution in [0, 0.1) is 0 Å². The zero-order valence-corrected chi connectivity index (χ0v) is 9.90. The lowest BCUT2D eigenvalue weighted by Gasteiger charge is -2.32. The first-order valence-corrected chi connectivity index (χ1v) is 5.82. The number of phenols is 1. The predicted molar refractivity (Wildman–Crippen MR) is 63.7 cm³/mol. The van der Waals surface area contributed by atoms with Gasteiger partial charge in [0.15, 0.2) is 0 Å². The molecule has 1 aromatic carbocycles. The van der Waals surface area contributed by atoms with Crippen LogP contribution >= 0.6 is 0 Å². The summed E-state index contributed by atoms with van der Waals surface area (Å²) in [5.74, 6) is -0.0804. The van der Waals surface area contributed by atoms with Gasteiger partial charge in [-0.3, -0.25) is 4.79 Å². The van der Waals surface area contributed by atoms with Crippen LogP contribution in [0.4, 0.5) is 0 Å². The summed E-state index contributed by atoms with van der Waals surface area (Å²) in [5.41, 5.74) is 7.27. The smallest absolute Gasteiger partial charge is 0.326 e. The lowest BCUT2D eigenvalue weighted by atomic mass is 9.78. The number of fused-ring (bicyclic) bond motifs is 1. The van der Waals surface area contributed by atoms with Crippen LogP contribution in [0.25, 0.3) is 0 Å². The van der Waals surface area contributed by atoms with Crippen molar-refractivity contribution in [3.63, 3.8) is 0 Å². The van der Waals surface area contributed by atoms with E-state index in [1.165, 1.54) is 0 Å². The third kappa shape index (κ3) is 2.26. The van der Waals surface area contributed by atoms with Crippen LogP contribution in [0.5, 0.6) is 5.75 Å². The zero-order valence-electron chi connectivity index (χ0n) is 9.90. The van der Waals surface area contributed by atoms with Crippen molar-refractivity contribution >= 4 is 5.97 Å². The monoisotopic (exact) mass is 235 g/mol. The Balaban J connectivity index is 2.23. The van der Waals surface area contributed by atoms with E-state index in [1.807, 2.05) is 6.07 Å². The van der Waals surface area contributed by atoms with Crippen molar-refractivity contribution in [1.82, 2.24) is 0 Å². The molecule has 0 spiro atoms. The Morgan fingerprint density at radius 3 is 3.00 bits per heavy atom. The summed E-state index contributed by atoms with van der Waals surface area (Å²) in [4.78, 5) is 11.8. The summed E-state index contributed by atoms with van der Waals surface area (Å²) in [7, 11) is 0. The number of carbonyl (C=O) groups is 1.